The van der Waals surface area contributed by atoms with Crippen LogP contribution in [0.3, 0.4) is 0 Å². The van der Waals surface area contributed by atoms with Crippen LogP contribution in [0.5, 0.6) is 0 Å². The first-order valence-electron chi connectivity index (χ1n) is 8.96. The Labute approximate surface area is 169 Å². The maximum Gasteiger partial charge on any atom is 0.237 e. The highest BCUT2D eigenvalue weighted by molar-refractivity contribution is 5.85. The van der Waals surface area contributed by atoms with Gasteiger partial charge in [0.15, 0.2) is 0 Å². The number of likely N-dealkylation sites (tertiary alicyclic amines) is 1. The molecule has 0 saturated carbocycles. The van der Waals surface area contributed by atoms with Crippen LogP contribution in [0.4, 0.5) is 0 Å². The number of piperidine rings is 1. The first-order chi connectivity index (χ1) is 11.5. The van der Waals surface area contributed by atoms with E-state index in [-0.39, 0.29) is 36.6 Å². The van der Waals surface area contributed by atoms with Crippen LogP contribution in [0, 0.1) is 11.8 Å². The summed E-state index contributed by atoms with van der Waals surface area (Å²) in [5, 5.41) is 13.3. The molecule has 1 aromatic carbocycles. The van der Waals surface area contributed by atoms with E-state index in [1.165, 1.54) is 0 Å². The quantitative estimate of drug-likeness (QED) is 0.650. The van der Waals surface area contributed by atoms with Crippen LogP contribution in [-0.4, -0.2) is 48.1 Å². The lowest BCUT2D eigenvalue weighted by Crippen LogP contribution is -2.46. The molecule has 0 spiro atoms. The number of nitrogens with two attached hydrogens (primary N) is 1. The van der Waals surface area contributed by atoms with E-state index < -0.39 is 12.1 Å². The molecule has 2 atom stereocenters. The van der Waals surface area contributed by atoms with Gasteiger partial charge in [-0.2, -0.15) is 0 Å². The Morgan fingerprint density at radius 3 is 2.35 bits per heavy atom. The Balaban J connectivity index is 0.00000312. The first kappa shape index (κ1) is 25.1. The highest BCUT2D eigenvalue weighted by Gasteiger charge is 2.23. The van der Waals surface area contributed by atoms with Gasteiger partial charge in [-0.25, -0.2) is 0 Å². The zero-order valence-corrected chi connectivity index (χ0v) is 17.3. The predicted octanol–water partition coefficient (Wildman–Crippen LogP) is 2.38. The Morgan fingerprint density at radius 2 is 1.81 bits per heavy atom. The number of hydrogen-bond donors (Lipinski definition) is 3. The number of hydrogen-bond acceptors (Lipinski definition) is 4. The molecule has 0 aromatic heterocycles. The van der Waals surface area contributed by atoms with Crippen molar-refractivity contribution in [2.75, 3.05) is 26.2 Å². The van der Waals surface area contributed by atoms with Crippen LogP contribution < -0.4 is 11.1 Å². The molecule has 26 heavy (non-hydrogen) atoms. The summed E-state index contributed by atoms with van der Waals surface area (Å²) in [6.45, 7) is 7.21. The van der Waals surface area contributed by atoms with Crippen molar-refractivity contribution in [3.8, 4) is 0 Å². The average Bonchev–Trinajstić information content (AvgIpc) is 2.60. The van der Waals surface area contributed by atoms with Crippen LogP contribution in [0.1, 0.15) is 38.4 Å². The molecule has 0 aliphatic carbocycles. The molecule has 150 valence electrons. The minimum Gasteiger partial charge on any atom is -0.387 e. The number of benzene rings is 1. The van der Waals surface area contributed by atoms with Gasteiger partial charge in [0, 0.05) is 13.1 Å². The van der Waals surface area contributed by atoms with Crippen molar-refractivity contribution in [1.29, 1.82) is 0 Å². The summed E-state index contributed by atoms with van der Waals surface area (Å²) < 4.78 is 0. The van der Waals surface area contributed by atoms with E-state index in [2.05, 4.69) is 10.2 Å². The summed E-state index contributed by atoms with van der Waals surface area (Å²) in [4.78, 5) is 14.2. The first-order valence-corrected chi connectivity index (χ1v) is 8.96. The van der Waals surface area contributed by atoms with Crippen molar-refractivity contribution in [3.63, 3.8) is 0 Å². The number of aliphatic hydroxyl groups excluding tert-OH is 1. The average molecular weight is 406 g/mol. The van der Waals surface area contributed by atoms with Gasteiger partial charge in [0.2, 0.25) is 5.91 Å². The standard InChI is InChI=1S/C19H31N3O2.2ClH/c1-14(2)18(20)19(24)21-12-15-8-10-22(11-9-15)13-17(23)16-6-4-3-5-7-16;;/h3-7,14-15,17-18,23H,8-13,20H2,1-2H3,(H,21,24);2*1H/t17?,18-;;/m0../s1. The monoisotopic (exact) mass is 405 g/mol. The molecule has 1 aromatic rings. The number of carbonyl (C=O) groups excluding carboxylic acids is 1. The largest absolute Gasteiger partial charge is 0.387 e. The highest BCUT2D eigenvalue weighted by Crippen LogP contribution is 2.20. The van der Waals surface area contributed by atoms with Crippen molar-refractivity contribution in [2.45, 2.75) is 38.8 Å². The van der Waals surface area contributed by atoms with Crippen LogP contribution in [0.25, 0.3) is 0 Å². The number of nitrogens with one attached hydrogen (secondary N) is 1. The van der Waals surface area contributed by atoms with Gasteiger partial charge >= 0.3 is 0 Å². The Bertz CT molecular complexity index is 509. The van der Waals surface area contributed by atoms with Crippen LogP contribution >= 0.6 is 24.8 Å². The molecule has 2 rings (SSSR count). The lowest BCUT2D eigenvalue weighted by atomic mass is 9.95. The van der Waals surface area contributed by atoms with Crippen molar-refractivity contribution in [3.05, 3.63) is 35.9 Å². The Morgan fingerprint density at radius 1 is 1.23 bits per heavy atom. The number of halogens is 2. The lowest BCUT2D eigenvalue weighted by Gasteiger charge is -2.33. The van der Waals surface area contributed by atoms with E-state index in [1.807, 2.05) is 44.2 Å². The summed E-state index contributed by atoms with van der Waals surface area (Å²) in [6, 6.07) is 9.37. The maximum atomic E-state index is 11.9. The number of nitrogens with zero attached hydrogens (tertiary/aromatic N) is 1. The second-order valence-corrected chi connectivity index (χ2v) is 7.19. The third-order valence-electron chi connectivity index (χ3n) is 4.91. The zero-order chi connectivity index (χ0) is 17.5. The summed E-state index contributed by atoms with van der Waals surface area (Å²) in [5.41, 5.74) is 6.83. The van der Waals surface area contributed by atoms with E-state index >= 15 is 0 Å². The van der Waals surface area contributed by atoms with Gasteiger partial charge in [-0.1, -0.05) is 44.2 Å². The van der Waals surface area contributed by atoms with Gasteiger partial charge in [0.25, 0.3) is 0 Å². The van der Waals surface area contributed by atoms with Crippen LogP contribution in [-0.2, 0) is 4.79 Å². The number of amides is 1. The molecule has 1 unspecified atom stereocenters. The Kier molecular flexibility index (Phi) is 12.1. The second kappa shape index (κ2) is 12.5. The lowest BCUT2D eigenvalue weighted by molar-refractivity contribution is -0.123. The van der Waals surface area contributed by atoms with Crippen molar-refractivity contribution in [2.24, 2.45) is 17.6 Å². The molecular weight excluding hydrogens is 373 g/mol. The molecular formula is C19H33Cl2N3O2. The molecule has 5 nitrogen and oxygen atoms in total. The number of β-amino-alcohol motifs (C(OH)–C–C–N with tert-alkyl or cyclic N) is 1. The van der Waals surface area contributed by atoms with Crippen molar-refractivity contribution in [1.82, 2.24) is 10.2 Å². The van der Waals surface area contributed by atoms with Gasteiger partial charge in [-0.3, -0.25) is 4.79 Å². The van der Waals surface area contributed by atoms with E-state index in [1.54, 1.807) is 0 Å². The van der Waals surface area contributed by atoms with Crippen molar-refractivity contribution >= 4 is 30.7 Å². The maximum absolute atomic E-state index is 11.9. The normalized spacial score (nSPS) is 17.7. The summed E-state index contributed by atoms with van der Waals surface area (Å²) in [5.74, 6) is 0.608. The fraction of sp³-hybridized carbons (Fsp3) is 0.632. The van der Waals surface area contributed by atoms with Crippen LogP contribution in [0.15, 0.2) is 30.3 Å². The molecule has 0 bridgehead atoms. The van der Waals surface area contributed by atoms with Crippen LogP contribution in [0.2, 0.25) is 0 Å². The van der Waals surface area contributed by atoms with Gasteiger partial charge in [0.05, 0.1) is 12.1 Å². The van der Waals surface area contributed by atoms with E-state index in [9.17, 15) is 9.90 Å². The highest BCUT2D eigenvalue weighted by atomic mass is 35.5. The van der Waals surface area contributed by atoms with E-state index in [0.29, 0.717) is 19.0 Å². The number of rotatable bonds is 7. The van der Waals surface area contributed by atoms with E-state index in [4.69, 9.17) is 5.73 Å². The fourth-order valence-electron chi connectivity index (χ4n) is 3.06. The molecule has 7 heteroatoms. The minimum atomic E-state index is -0.438. The van der Waals surface area contributed by atoms with Gasteiger partial charge in [-0.15, -0.1) is 24.8 Å². The predicted molar refractivity (Wildman–Crippen MR) is 111 cm³/mol. The summed E-state index contributed by atoms with van der Waals surface area (Å²) >= 11 is 0. The van der Waals surface area contributed by atoms with Gasteiger partial charge < -0.3 is 21.1 Å². The fourth-order valence-corrected chi connectivity index (χ4v) is 3.06. The molecule has 1 amide bonds. The zero-order valence-electron chi connectivity index (χ0n) is 15.6. The smallest absolute Gasteiger partial charge is 0.237 e. The molecule has 4 N–H and O–H groups in total. The number of carbonyl (C=O) groups is 1. The molecule has 1 aliphatic rings. The van der Waals surface area contributed by atoms with E-state index in [0.717, 1.165) is 31.5 Å². The molecule has 1 saturated heterocycles. The second-order valence-electron chi connectivity index (χ2n) is 7.19. The SMILES string of the molecule is CC(C)[C@H](N)C(=O)NCC1CCN(CC(O)c2ccccc2)CC1.Cl.Cl. The number of aliphatic hydroxyl groups is 1. The third-order valence-corrected chi connectivity index (χ3v) is 4.91. The minimum absolute atomic E-state index is 0. The van der Waals surface area contributed by atoms with Gasteiger partial charge in [-0.05, 0) is 43.3 Å². The molecule has 1 fully saturated rings. The molecule has 0 radical (unpaired) electrons. The third kappa shape index (κ3) is 7.80. The van der Waals surface area contributed by atoms with Crippen molar-refractivity contribution < 1.29 is 9.90 Å². The topological polar surface area (TPSA) is 78.6 Å². The summed E-state index contributed by atoms with van der Waals surface area (Å²) in [7, 11) is 0. The van der Waals surface area contributed by atoms with Gasteiger partial charge in [0.1, 0.15) is 0 Å². The summed E-state index contributed by atoms with van der Waals surface area (Å²) in [6.07, 6.45) is 1.64. The molecule has 1 heterocycles. The Hall–Kier alpha value is -0.850. The molecule has 1 aliphatic heterocycles.